The summed E-state index contributed by atoms with van der Waals surface area (Å²) in [4.78, 5) is 12.1. The molecule has 0 spiro atoms. The van der Waals surface area contributed by atoms with Gasteiger partial charge in [0.05, 0.1) is 12.9 Å². The molecule has 1 rings (SSSR count). The van der Waals surface area contributed by atoms with E-state index in [2.05, 4.69) is 5.32 Å². The predicted molar refractivity (Wildman–Crippen MR) is 74.3 cm³/mol. The Hall–Kier alpha value is -1.84. The van der Waals surface area contributed by atoms with Crippen molar-refractivity contribution in [2.24, 2.45) is 0 Å². The number of hydrogen-bond acceptors (Lipinski definition) is 2. The lowest BCUT2D eigenvalue weighted by Crippen LogP contribution is -2.40. The molecule has 19 heavy (non-hydrogen) atoms. The first kappa shape index (κ1) is 15.2. The van der Waals surface area contributed by atoms with Crippen LogP contribution in [0.25, 0.3) is 6.08 Å². The van der Waals surface area contributed by atoms with E-state index in [1.165, 1.54) is 18.4 Å². The van der Waals surface area contributed by atoms with E-state index in [9.17, 15) is 9.18 Å². The number of hydrogen-bond donors (Lipinski definition) is 1. The number of halogens is 1. The van der Waals surface area contributed by atoms with Gasteiger partial charge in [0.15, 0.2) is 0 Å². The molecule has 0 saturated heterocycles. The van der Waals surface area contributed by atoms with Crippen LogP contribution in [-0.2, 0) is 4.74 Å². The standard InChI is InChI=1S/C15H20FNO2/c1-5-19-9-8-11-6-7-12(16)10-13(11)14(18)17-15(2,3)4/h6-10H,5H2,1-4H3,(H,17,18)/b9-8+. The second-order valence-electron chi connectivity index (χ2n) is 5.19. The fraction of sp³-hybridized carbons (Fsp3) is 0.400. The summed E-state index contributed by atoms with van der Waals surface area (Å²) < 4.78 is 18.4. The molecule has 1 aromatic rings. The van der Waals surface area contributed by atoms with Gasteiger partial charge in [-0.1, -0.05) is 6.07 Å². The fourth-order valence-electron chi connectivity index (χ4n) is 1.50. The van der Waals surface area contributed by atoms with Gasteiger partial charge in [0, 0.05) is 11.1 Å². The number of amides is 1. The fourth-order valence-corrected chi connectivity index (χ4v) is 1.50. The molecule has 1 aromatic carbocycles. The van der Waals surface area contributed by atoms with Gasteiger partial charge in [0.2, 0.25) is 0 Å². The Morgan fingerprint density at radius 3 is 2.68 bits per heavy atom. The summed E-state index contributed by atoms with van der Waals surface area (Å²) in [6.45, 7) is 8.03. The highest BCUT2D eigenvalue weighted by molar-refractivity contribution is 5.98. The van der Waals surface area contributed by atoms with Crippen LogP contribution in [0, 0.1) is 5.82 Å². The van der Waals surface area contributed by atoms with Gasteiger partial charge in [0.25, 0.3) is 5.91 Å². The topological polar surface area (TPSA) is 38.3 Å². The summed E-state index contributed by atoms with van der Waals surface area (Å²) in [5, 5.41) is 2.81. The van der Waals surface area contributed by atoms with E-state index >= 15 is 0 Å². The Morgan fingerprint density at radius 2 is 2.11 bits per heavy atom. The predicted octanol–water partition coefficient (Wildman–Crippen LogP) is 3.36. The van der Waals surface area contributed by atoms with Gasteiger partial charge in [-0.3, -0.25) is 4.79 Å². The monoisotopic (exact) mass is 265 g/mol. The quantitative estimate of drug-likeness (QED) is 0.848. The van der Waals surface area contributed by atoms with Crippen LogP contribution in [-0.4, -0.2) is 18.1 Å². The maximum absolute atomic E-state index is 13.3. The lowest BCUT2D eigenvalue weighted by molar-refractivity contribution is 0.0919. The summed E-state index contributed by atoms with van der Waals surface area (Å²) in [7, 11) is 0. The first-order valence-electron chi connectivity index (χ1n) is 6.23. The lowest BCUT2D eigenvalue weighted by atomic mass is 10.0. The van der Waals surface area contributed by atoms with Crippen molar-refractivity contribution >= 4 is 12.0 Å². The first-order chi connectivity index (χ1) is 8.83. The third kappa shape index (κ3) is 5.12. The summed E-state index contributed by atoms with van der Waals surface area (Å²) in [5.74, 6) is -0.740. The number of carbonyl (C=O) groups excluding carboxylic acids is 1. The number of ether oxygens (including phenoxy) is 1. The van der Waals surface area contributed by atoms with E-state index in [4.69, 9.17) is 4.74 Å². The molecule has 0 unspecified atom stereocenters. The Bertz CT molecular complexity index is 476. The Morgan fingerprint density at radius 1 is 1.42 bits per heavy atom. The molecule has 4 heteroatoms. The van der Waals surface area contributed by atoms with Crippen molar-refractivity contribution in [1.29, 1.82) is 0 Å². The zero-order valence-electron chi connectivity index (χ0n) is 11.8. The van der Waals surface area contributed by atoms with Gasteiger partial charge in [-0.2, -0.15) is 0 Å². The molecule has 1 N–H and O–H groups in total. The largest absolute Gasteiger partial charge is 0.501 e. The third-order valence-electron chi connectivity index (χ3n) is 2.26. The van der Waals surface area contributed by atoms with Crippen LogP contribution < -0.4 is 5.32 Å². The van der Waals surface area contributed by atoms with Gasteiger partial charge in [-0.15, -0.1) is 0 Å². The molecular weight excluding hydrogens is 245 g/mol. The van der Waals surface area contributed by atoms with E-state index in [0.717, 1.165) is 0 Å². The third-order valence-corrected chi connectivity index (χ3v) is 2.26. The van der Waals surface area contributed by atoms with Gasteiger partial charge < -0.3 is 10.1 Å². The Balaban J connectivity index is 3.03. The Kier molecular flexibility index (Phi) is 5.10. The van der Waals surface area contributed by atoms with Gasteiger partial charge in [-0.25, -0.2) is 4.39 Å². The molecule has 0 aliphatic heterocycles. The summed E-state index contributed by atoms with van der Waals surface area (Å²) in [5.41, 5.74) is 0.548. The van der Waals surface area contributed by atoms with Gasteiger partial charge in [-0.05, 0) is 51.5 Å². The van der Waals surface area contributed by atoms with Gasteiger partial charge >= 0.3 is 0 Å². The zero-order chi connectivity index (χ0) is 14.5. The van der Waals surface area contributed by atoms with E-state index in [1.54, 1.807) is 12.1 Å². The molecule has 0 aliphatic rings. The van der Waals surface area contributed by atoms with E-state index in [1.807, 2.05) is 27.7 Å². The van der Waals surface area contributed by atoms with Crippen LogP contribution in [0.3, 0.4) is 0 Å². The van der Waals surface area contributed by atoms with Crippen LogP contribution in [0.15, 0.2) is 24.5 Å². The number of benzene rings is 1. The van der Waals surface area contributed by atoms with Crippen molar-refractivity contribution < 1.29 is 13.9 Å². The van der Waals surface area contributed by atoms with Crippen molar-refractivity contribution in [3.8, 4) is 0 Å². The van der Waals surface area contributed by atoms with Crippen LogP contribution in [0.4, 0.5) is 4.39 Å². The van der Waals surface area contributed by atoms with Gasteiger partial charge in [0.1, 0.15) is 5.82 Å². The van der Waals surface area contributed by atoms with Crippen LogP contribution in [0.2, 0.25) is 0 Å². The maximum Gasteiger partial charge on any atom is 0.252 e. The SMILES string of the molecule is CCO/C=C/c1ccc(F)cc1C(=O)NC(C)(C)C. The highest BCUT2D eigenvalue weighted by Crippen LogP contribution is 2.15. The number of rotatable bonds is 4. The van der Waals surface area contributed by atoms with Crippen molar-refractivity contribution in [2.45, 2.75) is 33.2 Å². The Labute approximate surface area is 113 Å². The van der Waals surface area contributed by atoms with E-state index < -0.39 is 5.82 Å². The zero-order valence-corrected chi connectivity index (χ0v) is 11.8. The maximum atomic E-state index is 13.3. The van der Waals surface area contributed by atoms with Crippen LogP contribution >= 0.6 is 0 Å². The highest BCUT2D eigenvalue weighted by Gasteiger charge is 2.17. The minimum atomic E-state index is -0.437. The van der Waals surface area contributed by atoms with Crippen molar-refractivity contribution in [2.75, 3.05) is 6.61 Å². The minimum Gasteiger partial charge on any atom is -0.501 e. The number of nitrogens with one attached hydrogen (secondary N) is 1. The van der Waals surface area contributed by atoms with Crippen molar-refractivity contribution in [1.82, 2.24) is 5.32 Å². The molecule has 0 aliphatic carbocycles. The molecule has 0 aromatic heterocycles. The average molecular weight is 265 g/mol. The summed E-state index contributed by atoms with van der Waals surface area (Å²) >= 11 is 0. The average Bonchev–Trinajstić information content (AvgIpc) is 2.29. The highest BCUT2D eigenvalue weighted by atomic mass is 19.1. The molecule has 1 amide bonds. The molecule has 0 fully saturated rings. The second-order valence-corrected chi connectivity index (χ2v) is 5.19. The lowest BCUT2D eigenvalue weighted by Gasteiger charge is -2.21. The second kappa shape index (κ2) is 6.36. The molecule has 0 radical (unpaired) electrons. The normalized spacial score (nSPS) is 11.6. The molecule has 3 nitrogen and oxygen atoms in total. The van der Waals surface area contributed by atoms with E-state index in [0.29, 0.717) is 17.7 Å². The molecule has 104 valence electrons. The van der Waals surface area contributed by atoms with Crippen LogP contribution in [0.1, 0.15) is 43.6 Å². The van der Waals surface area contributed by atoms with E-state index in [-0.39, 0.29) is 11.4 Å². The smallest absolute Gasteiger partial charge is 0.252 e. The molecular formula is C15H20FNO2. The first-order valence-corrected chi connectivity index (χ1v) is 6.23. The van der Waals surface area contributed by atoms with Crippen molar-refractivity contribution in [3.63, 3.8) is 0 Å². The molecule has 0 heterocycles. The molecule has 0 atom stereocenters. The summed E-state index contributed by atoms with van der Waals surface area (Å²) in [6.07, 6.45) is 3.15. The van der Waals surface area contributed by atoms with Crippen molar-refractivity contribution in [3.05, 3.63) is 41.4 Å². The summed E-state index contributed by atoms with van der Waals surface area (Å²) in [6, 6.07) is 4.11. The minimum absolute atomic E-state index is 0.297. The molecule has 0 bridgehead atoms. The molecule has 0 saturated carbocycles. The van der Waals surface area contributed by atoms with Crippen LogP contribution in [0.5, 0.6) is 0 Å². The number of carbonyl (C=O) groups is 1.